The predicted octanol–water partition coefficient (Wildman–Crippen LogP) is 2.85. The molecule has 0 saturated carbocycles. The van der Waals surface area contributed by atoms with Crippen molar-refractivity contribution in [2.24, 2.45) is 5.73 Å². The molecule has 98 valence electrons. The van der Waals surface area contributed by atoms with E-state index in [2.05, 4.69) is 5.32 Å². The van der Waals surface area contributed by atoms with Crippen molar-refractivity contribution in [3.05, 3.63) is 65.0 Å². The van der Waals surface area contributed by atoms with E-state index >= 15 is 0 Å². The highest BCUT2D eigenvalue weighted by atomic mass is 19.1. The van der Waals surface area contributed by atoms with Crippen LogP contribution < -0.4 is 11.1 Å². The average Bonchev–Trinajstić information content (AvgIpc) is 2.38. The lowest BCUT2D eigenvalue weighted by molar-refractivity contribution is 0.1000. The van der Waals surface area contributed by atoms with Gasteiger partial charge < -0.3 is 11.1 Å². The van der Waals surface area contributed by atoms with Gasteiger partial charge >= 0.3 is 0 Å². The van der Waals surface area contributed by atoms with Gasteiger partial charge in [0, 0.05) is 12.1 Å². The summed E-state index contributed by atoms with van der Waals surface area (Å²) in [6, 6.07) is 12.0. The molecule has 0 unspecified atom stereocenters. The van der Waals surface area contributed by atoms with Crippen LogP contribution in [0.2, 0.25) is 0 Å². The Labute approximate surface area is 111 Å². The lowest BCUT2D eigenvalue weighted by Crippen LogP contribution is -2.11. The number of amides is 1. The van der Waals surface area contributed by atoms with Crippen LogP contribution in [0.3, 0.4) is 0 Å². The summed E-state index contributed by atoms with van der Waals surface area (Å²) in [5.74, 6) is -0.755. The van der Waals surface area contributed by atoms with Crippen LogP contribution in [0.5, 0.6) is 0 Å². The number of hydrogen-bond acceptors (Lipinski definition) is 2. The van der Waals surface area contributed by atoms with Crippen molar-refractivity contribution in [1.29, 1.82) is 0 Å². The van der Waals surface area contributed by atoms with Crippen molar-refractivity contribution in [1.82, 2.24) is 0 Å². The van der Waals surface area contributed by atoms with E-state index in [9.17, 15) is 9.18 Å². The Bertz CT molecular complexity index is 611. The molecule has 0 saturated heterocycles. The summed E-state index contributed by atoms with van der Waals surface area (Å²) in [7, 11) is 0. The van der Waals surface area contributed by atoms with Crippen molar-refractivity contribution < 1.29 is 9.18 Å². The lowest BCUT2D eigenvalue weighted by atomic mass is 10.1. The lowest BCUT2D eigenvalue weighted by Gasteiger charge is -2.09. The molecule has 3 nitrogen and oxygen atoms in total. The predicted molar refractivity (Wildman–Crippen MR) is 73.4 cm³/mol. The number of halogens is 1. The van der Waals surface area contributed by atoms with Gasteiger partial charge in [-0.25, -0.2) is 4.39 Å². The van der Waals surface area contributed by atoms with E-state index in [-0.39, 0.29) is 5.82 Å². The van der Waals surface area contributed by atoms with E-state index in [0.717, 1.165) is 11.1 Å². The number of primary amides is 1. The van der Waals surface area contributed by atoms with Crippen LogP contribution in [0.15, 0.2) is 42.5 Å². The molecule has 0 heterocycles. The summed E-state index contributed by atoms with van der Waals surface area (Å²) in [6.07, 6.45) is 0. The second-order valence-electron chi connectivity index (χ2n) is 4.40. The number of carbonyl (C=O) groups is 1. The Hall–Kier alpha value is -2.36. The fourth-order valence-electron chi connectivity index (χ4n) is 1.80. The minimum absolute atomic E-state index is 0.286. The van der Waals surface area contributed by atoms with Crippen molar-refractivity contribution >= 4 is 11.6 Å². The summed E-state index contributed by atoms with van der Waals surface area (Å²) in [6.45, 7) is 2.27. The molecule has 1 amide bonds. The maximum absolute atomic E-state index is 13.6. The first-order chi connectivity index (χ1) is 9.06. The zero-order chi connectivity index (χ0) is 13.8. The fourth-order valence-corrected chi connectivity index (χ4v) is 1.80. The third-order valence-corrected chi connectivity index (χ3v) is 2.82. The highest BCUT2D eigenvalue weighted by Crippen LogP contribution is 2.16. The minimum atomic E-state index is -0.469. The molecule has 0 fully saturated rings. The third kappa shape index (κ3) is 3.31. The van der Waals surface area contributed by atoms with Gasteiger partial charge in [-0.3, -0.25) is 4.79 Å². The Morgan fingerprint density at radius 3 is 2.74 bits per heavy atom. The molecule has 0 aliphatic rings. The zero-order valence-corrected chi connectivity index (χ0v) is 10.6. The molecule has 0 aliphatic carbocycles. The molecule has 0 aliphatic heterocycles. The highest BCUT2D eigenvalue weighted by Gasteiger charge is 2.04. The maximum Gasteiger partial charge on any atom is 0.248 e. The first kappa shape index (κ1) is 13.1. The summed E-state index contributed by atoms with van der Waals surface area (Å²) < 4.78 is 13.6. The number of anilines is 1. The normalized spacial score (nSPS) is 10.2. The van der Waals surface area contributed by atoms with Gasteiger partial charge in [-0.05, 0) is 42.3 Å². The van der Waals surface area contributed by atoms with E-state index in [0.29, 0.717) is 17.8 Å². The topological polar surface area (TPSA) is 55.1 Å². The number of carbonyl (C=O) groups excluding carboxylic acids is 1. The van der Waals surface area contributed by atoms with Crippen LogP contribution in [0.1, 0.15) is 21.5 Å². The van der Waals surface area contributed by atoms with E-state index in [4.69, 9.17) is 5.73 Å². The number of nitrogens with two attached hydrogens (primary N) is 1. The Kier molecular flexibility index (Phi) is 3.80. The molecule has 2 aromatic rings. The zero-order valence-electron chi connectivity index (χ0n) is 10.6. The summed E-state index contributed by atoms with van der Waals surface area (Å²) >= 11 is 0. The van der Waals surface area contributed by atoms with Gasteiger partial charge in [0.1, 0.15) is 5.82 Å². The van der Waals surface area contributed by atoms with Crippen LogP contribution in [0, 0.1) is 12.7 Å². The SMILES string of the molecule is Cc1ccc(NCc2cccc(C(N)=O)c2)c(F)c1. The second-order valence-corrected chi connectivity index (χ2v) is 4.40. The summed E-state index contributed by atoms with van der Waals surface area (Å²) in [4.78, 5) is 11.1. The Morgan fingerprint density at radius 1 is 1.26 bits per heavy atom. The first-order valence-electron chi connectivity index (χ1n) is 5.95. The van der Waals surface area contributed by atoms with Crippen molar-refractivity contribution in [3.8, 4) is 0 Å². The molecule has 0 radical (unpaired) electrons. The summed E-state index contributed by atoms with van der Waals surface area (Å²) in [5.41, 5.74) is 7.84. The van der Waals surface area contributed by atoms with Crippen molar-refractivity contribution in [3.63, 3.8) is 0 Å². The standard InChI is InChI=1S/C15H15FN2O/c1-10-5-6-14(13(16)7-10)18-9-11-3-2-4-12(8-11)15(17)19/h2-8,18H,9H2,1H3,(H2,17,19). The molecular formula is C15H15FN2O. The van der Waals surface area contributed by atoms with E-state index in [1.165, 1.54) is 6.07 Å². The van der Waals surface area contributed by atoms with Gasteiger partial charge in [0.25, 0.3) is 0 Å². The van der Waals surface area contributed by atoms with Gasteiger partial charge in [-0.2, -0.15) is 0 Å². The number of aryl methyl sites for hydroxylation is 1. The number of hydrogen-bond donors (Lipinski definition) is 2. The quantitative estimate of drug-likeness (QED) is 0.886. The average molecular weight is 258 g/mol. The minimum Gasteiger partial charge on any atom is -0.379 e. The molecule has 0 aromatic heterocycles. The Morgan fingerprint density at radius 2 is 2.05 bits per heavy atom. The molecule has 0 bridgehead atoms. The smallest absolute Gasteiger partial charge is 0.248 e. The number of nitrogens with one attached hydrogen (secondary N) is 1. The summed E-state index contributed by atoms with van der Waals surface area (Å²) in [5, 5.41) is 3.00. The monoisotopic (exact) mass is 258 g/mol. The number of benzene rings is 2. The molecule has 4 heteroatoms. The van der Waals surface area contributed by atoms with E-state index in [1.54, 1.807) is 24.3 Å². The largest absolute Gasteiger partial charge is 0.379 e. The molecular weight excluding hydrogens is 243 g/mol. The highest BCUT2D eigenvalue weighted by molar-refractivity contribution is 5.92. The molecule has 2 rings (SSSR count). The van der Waals surface area contributed by atoms with Crippen molar-refractivity contribution in [2.75, 3.05) is 5.32 Å². The van der Waals surface area contributed by atoms with Crippen LogP contribution in [0.25, 0.3) is 0 Å². The molecule has 19 heavy (non-hydrogen) atoms. The van der Waals surface area contributed by atoms with Crippen LogP contribution in [0.4, 0.5) is 10.1 Å². The molecule has 0 spiro atoms. The maximum atomic E-state index is 13.6. The third-order valence-electron chi connectivity index (χ3n) is 2.82. The fraction of sp³-hybridized carbons (Fsp3) is 0.133. The van der Waals surface area contributed by atoms with E-state index in [1.807, 2.05) is 19.1 Å². The van der Waals surface area contributed by atoms with E-state index < -0.39 is 5.91 Å². The van der Waals surface area contributed by atoms with Gasteiger partial charge in [-0.15, -0.1) is 0 Å². The molecule has 0 atom stereocenters. The van der Waals surface area contributed by atoms with Crippen LogP contribution in [-0.4, -0.2) is 5.91 Å². The van der Waals surface area contributed by atoms with Gasteiger partial charge in [0.15, 0.2) is 0 Å². The van der Waals surface area contributed by atoms with Gasteiger partial charge in [0.05, 0.1) is 5.69 Å². The first-order valence-corrected chi connectivity index (χ1v) is 5.95. The number of rotatable bonds is 4. The van der Waals surface area contributed by atoms with Gasteiger partial charge in [-0.1, -0.05) is 18.2 Å². The molecule has 3 N–H and O–H groups in total. The second kappa shape index (κ2) is 5.52. The molecule has 2 aromatic carbocycles. The van der Waals surface area contributed by atoms with Crippen LogP contribution >= 0.6 is 0 Å². The Balaban J connectivity index is 2.10. The van der Waals surface area contributed by atoms with Crippen molar-refractivity contribution in [2.45, 2.75) is 13.5 Å². The van der Waals surface area contributed by atoms with Gasteiger partial charge in [0.2, 0.25) is 5.91 Å². The van der Waals surface area contributed by atoms with Crippen LogP contribution in [-0.2, 0) is 6.54 Å².